The van der Waals surface area contributed by atoms with Crippen molar-refractivity contribution in [2.45, 2.75) is 26.3 Å². The predicted molar refractivity (Wildman–Crippen MR) is 49.1 cm³/mol. The number of hydrogen-bond acceptors (Lipinski definition) is 3. The van der Waals surface area contributed by atoms with E-state index in [9.17, 15) is 9.59 Å². The van der Waals surface area contributed by atoms with Crippen molar-refractivity contribution in [3.8, 4) is 0 Å². The molecule has 13 heavy (non-hydrogen) atoms. The highest BCUT2D eigenvalue weighted by Gasteiger charge is 2.29. The van der Waals surface area contributed by atoms with Crippen LogP contribution in [0.15, 0.2) is 12.2 Å². The van der Waals surface area contributed by atoms with Crippen LogP contribution in [-0.2, 0) is 14.3 Å². The molecular weight excluding hydrogens is 170 g/mol. The summed E-state index contributed by atoms with van der Waals surface area (Å²) in [4.78, 5) is 22.2. The quantitative estimate of drug-likeness (QED) is 0.518. The maximum absolute atomic E-state index is 11.1. The highest BCUT2D eigenvalue weighted by atomic mass is 16.5. The van der Waals surface area contributed by atoms with Crippen molar-refractivity contribution < 1.29 is 14.3 Å². The summed E-state index contributed by atoms with van der Waals surface area (Å²) in [5.41, 5.74) is -0.981. The molecule has 0 atom stereocenters. The van der Waals surface area contributed by atoms with Crippen LogP contribution in [0.3, 0.4) is 0 Å². The molecule has 0 heterocycles. The van der Waals surface area contributed by atoms with Crippen molar-refractivity contribution in [3.05, 3.63) is 12.2 Å². The monoisotopic (exact) mass is 185 g/mol. The van der Waals surface area contributed by atoms with Crippen LogP contribution in [0.2, 0.25) is 0 Å². The fraction of sp³-hybridized carbons (Fsp3) is 0.556. The van der Waals surface area contributed by atoms with Crippen molar-refractivity contribution in [1.82, 2.24) is 5.32 Å². The smallest absolute Gasteiger partial charge is 0.330 e. The molecule has 0 rings (SSSR count). The van der Waals surface area contributed by atoms with Gasteiger partial charge in [-0.1, -0.05) is 6.08 Å². The van der Waals surface area contributed by atoms with E-state index in [-0.39, 0.29) is 5.91 Å². The summed E-state index contributed by atoms with van der Waals surface area (Å²) in [5, 5.41) is 2.51. The molecule has 0 unspecified atom stereocenters. The lowest BCUT2D eigenvalue weighted by Gasteiger charge is -2.21. The second kappa shape index (κ2) is 4.64. The molecule has 0 aromatic rings. The molecular formula is C9H15NO3. The Labute approximate surface area is 78.0 Å². The highest BCUT2D eigenvalue weighted by Crippen LogP contribution is 2.03. The van der Waals surface area contributed by atoms with E-state index < -0.39 is 11.5 Å². The molecule has 0 aliphatic heterocycles. The van der Waals surface area contributed by atoms with Gasteiger partial charge in [-0.15, -0.1) is 0 Å². The zero-order valence-electron chi connectivity index (χ0n) is 8.38. The van der Waals surface area contributed by atoms with Gasteiger partial charge in [0.05, 0.1) is 7.11 Å². The fourth-order valence-corrected chi connectivity index (χ4v) is 0.807. The molecule has 0 radical (unpaired) electrons. The Balaban J connectivity index is 4.33. The summed E-state index contributed by atoms with van der Waals surface area (Å²) in [6.45, 7) is 4.89. The first-order valence-electron chi connectivity index (χ1n) is 3.97. The van der Waals surface area contributed by atoms with Gasteiger partial charge in [-0.3, -0.25) is 4.79 Å². The van der Waals surface area contributed by atoms with Gasteiger partial charge in [0.15, 0.2) is 0 Å². The number of esters is 1. The minimum atomic E-state index is -0.981. The van der Waals surface area contributed by atoms with Crippen LogP contribution in [0.4, 0.5) is 0 Å². The molecule has 0 aromatic heterocycles. The maximum atomic E-state index is 11.1. The lowest BCUT2D eigenvalue weighted by atomic mass is 10.1. The Morgan fingerprint density at radius 1 is 1.38 bits per heavy atom. The molecule has 4 heteroatoms. The summed E-state index contributed by atoms with van der Waals surface area (Å²) in [5.74, 6) is -0.775. The molecule has 1 N–H and O–H groups in total. The van der Waals surface area contributed by atoms with Crippen LogP contribution in [0, 0.1) is 0 Å². The zero-order chi connectivity index (χ0) is 10.5. The average Bonchev–Trinajstić information content (AvgIpc) is 2.02. The van der Waals surface area contributed by atoms with Gasteiger partial charge in [-0.25, -0.2) is 4.79 Å². The number of ether oxygens (including phenoxy) is 1. The summed E-state index contributed by atoms with van der Waals surface area (Å²) in [6.07, 6.45) is 2.95. The lowest BCUT2D eigenvalue weighted by molar-refractivity contribution is -0.148. The van der Waals surface area contributed by atoms with E-state index in [1.807, 2.05) is 0 Å². The van der Waals surface area contributed by atoms with E-state index in [4.69, 9.17) is 0 Å². The molecule has 0 saturated carbocycles. The Hall–Kier alpha value is -1.32. The van der Waals surface area contributed by atoms with Crippen molar-refractivity contribution in [2.24, 2.45) is 0 Å². The van der Waals surface area contributed by atoms with E-state index in [1.54, 1.807) is 26.8 Å². The third-order valence-electron chi connectivity index (χ3n) is 1.45. The third kappa shape index (κ3) is 3.73. The van der Waals surface area contributed by atoms with Crippen LogP contribution in [0.5, 0.6) is 0 Å². The molecule has 4 nitrogen and oxygen atoms in total. The van der Waals surface area contributed by atoms with Crippen LogP contribution < -0.4 is 5.32 Å². The van der Waals surface area contributed by atoms with Gasteiger partial charge >= 0.3 is 5.97 Å². The number of rotatable bonds is 3. The summed E-state index contributed by atoms with van der Waals surface area (Å²) < 4.78 is 4.52. The van der Waals surface area contributed by atoms with Gasteiger partial charge in [-0.2, -0.15) is 0 Å². The van der Waals surface area contributed by atoms with Gasteiger partial charge in [0.25, 0.3) is 0 Å². The van der Waals surface area contributed by atoms with Crippen LogP contribution in [-0.4, -0.2) is 24.5 Å². The van der Waals surface area contributed by atoms with Gasteiger partial charge in [0.1, 0.15) is 5.54 Å². The van der Waals surface area contributed by atoms with Gasteiger partial charge in [0, 0.05) is 0 Å². The van der Waals surface area contributed by atoms with E-state index in [0.29, 0.717) is 0 Å². The normalized spacial score (nSPS) is 11.4. The predicted octanol–water partition coefficient (Wildman–Crippen LogP) is 0.630. The second-order valence-corrected chi connectivity index (χ2v) is 3.11. The summed E-state index contributed by atoms with van der Waals surface area (Å²) >= 11 is 0. The molecule has 0 aromatic carbocycles. The number of amides is 1. The Morgan fingerprint density at radius 2 is 1.92 bits per heavy atom. The number of nitrogens with one attached hydrogen (secondary N) is 1. The SMILES string of the molecule is CC=CC(=O)NC(C)(C)C(=O)OC. The molecule has 1 amide bonds. The third-order valence-corrected chi connectivity index (χ3v) is 1.45. The molecule has 74 valence electrons. The molecule has 0 fully saturated rings. The number of carbonyl (C=O) groups excluding carboxylic acids is 2. The van der Waals surface area contributed by atoms with Gasteiger partial charge in [0.2, 0.25) is 5.91 Å². The topological polar surface area (TPSA) is 55.4 Å². The molecule has 0 bridgehead atoms. The molecule has 0 saturated heterocycles. The largest absolute Gasteiger partial charge is 0.467 e. The number of hydrogen-bond donors (Lipinski definition) is 1. The minimum Gasteiger partial charge on any atom is -0.467 e. The van der Waals surface area contributed by atoms with Crippen molar-refractivity contribution in [1.29, 1.82) is 0 Å². The number of carbonyl (C=O) groups is 2. The van der Waals surface area contributed by atoms with Crippen LogP contribution in [0.1, 0.15) is 20.8 Å². The maximum Gasteiger partial charge on any atom is 0.330 e. The average molecular weight is 185 g/mol. The second-order valence-electron chi connectivity index (χ2n) is 3.11. The van der Waals surface area contributed by atoms with E-state index in [2.05, 4.69) is 10.1 Å². The molecule has 0 aliphatic rings. The fourth-order valence-electron chi connectivity index (χ4n) is 0.807. The Bertz CT molecular complexity index is 231. The van der Waals surface area contributed by atoms with Crippen LogP contribution in [0.25, 0.3) is 0 Å². The first kappa shape index (κ1) is 11.7. The number of allylic oxidation sites excluding steroid dienone is 1. The first-order chi connectivity index (χ1) is 5.94. The lowest BCUT2D eigenvalue weighted by Crippen LogP contribution is -2.49. The first-order valence-corrected chi connectivity index (χ1v) is 3.97. The van der Waals surface area contributed by atoms with Crippen molar-refractivity contribution in [3.63, 3.8) is 0 Å². The van der Waals surface area contributed by atoms with E-state index >= 15 is 0 Å². The molecule has 0 aliphatic carbocycles. The van der Waals surface area contributed by atoms with Gasteiger partial charge in [-0.05, 0) is 26.8 Å². The van der Waals surface area contributed by atoms with E-state index in [0.717, 1.165) is 0 Å². The Kier molecular flexibility index (Phi) is 4.17. The standard InChI is InChI=1S/C9H15NO3/c1-5-6-7(11)10-9(2,3)8(12)13-4/h5-6H,1-4H3,(H,10,11). The van der Waals surface area contributed by atoms with Crippen LogP contribution >= 0.6 is 0 Å². The molecule has 0 spiro atoms. The van der Waals surface area contributed by atoms with Gasteiger partial charge < -0.3 is 10.1 Å². The summed E-state index contributed by atoms with van der Waals surface area (Å²) in [7, 11) is 1.28. The zero-order valence-corrected chi connectivity index (χ0v) is 8.38. The minimum absolute atomic E-state index is 0.307. The summed E-state index contributed by atoms with van der Waals surface area (Å²) in [6, 6.07) is 0. The highest BCUT2D eigenvalue weighted by molar-refractivity contribution is 5.93. The van der Waals surface area contributed by atoms with Crippen molar-refractivity contribution >= 4 is 11.9 Å². The Morgan fingerprint density at radius 3 is 2.31 bits per heavy atom. The van der Waals surface area contributed by atoms with Crippen molar-refractivity contribution in [2.75, 3.05) is 7.11 Å². The van der Waals surface area contributed by atoms with E-state index in [1.165, 1.54) is 13.2 Å². The number of methoxy groups -OCH3 is 1.